The zero-order chi connectivity index (χ0) is 20.8. The number of carbonyl (C=O) groups is 1. The van der Waals surface area contributed by atoms with Crippen LogP contribution >= 0.6 is 11.8 Å². The minimum Gasteiger partial charge on any atom is -0.454 e. The van der Waals surface area contributed by atoms with Gasteiger partial charge in [-0.3, -0.25) is 14.9 Å². The Morgan fingerprint density at radius 3 is 2.81 bits per heavy atom. The van der Waals surface area contributed by atoms with Crippen LogP contribution in [0.25, 0.3) is 17.0 Å². The van der Waals surface area contributed by atoms with Gasteiger partial charge in [0.05, 0.1) is 17.9 Å². The van der Waals surface area contributed by atoms with Gasteiger partial charge in [0, 0.05) is 23.2 Å². The second-order valence-corrected chi connectivity index (χ2v) is 8.04. The van der Waals surface area contributed by atoms with Crippen LogP contribution in [0.15, 0.2) is 58.9 Å². The van der Waals surface area contributed by atoms with Crippen LogP contribution in [-0.2, 0) is 0 Å². The topological polar surface area (TPSA) is 91.8 Å². The SMILES string of the molecule is O=C(Nc1ccc(C2=CSC3=NCCN23)cc1)c1cc(-c2ccc3c(c2)OCO3)n[nH]1. The van der Waals surface area contributed by atoms with Crippen molar-refractivity contribution in [3.63, 3.8) is 0 Å². The standard InChI is InChI=1S/C22H17N5O3S/c28-21(17-10-16(25-26-17)14-3-6-19-20(9-14)30-12-29-19)24-15-4-1-13(2-5-15)18-11-31-22-23-7-8-27(18)22/h1-6,9-11H,7-8,12H2,(H,24,28)(H,25,26). The molecule has 0 aliphatic carbocycles. The summed E-state index contributed by atoms with van der Waals surface area (Å²) in [5.41, 5.74) is 4.85. The van der Waals surface area contributed by atoms with Crippen molar-refractivity contribution in [1.82, 2.24) is 15.1 Å². The molecule has 9 heteroatoms. The van der Waals surface area contributed by atoms with Gasteiger partial charge in [0.1, 0.15) is 5.69 Å². The summed E-state index contributed by atoms with van der Waals surface area (Å²) < 4.78 is 10.7. The van der Waals surface area contributed by atoms with Gasteiger partial charge in [-0.25, -0.2) is 0 Å². The maximum Gasteiger partial charge on any atom is 0.273 e. The van der Waals surface area contributed by atoms with Gasteiger partial charge in [0.2, 0.25) is 6.79 Å². The number of amidine groups is 1. The molecule has 31 heavy (non-hydrogen) atoms. The van der Waals surface area contributed by atoms with E-state index in [9.17, 15) is 4.79 Å². The number of anilines is 1. The summed E-state index contributed by atoms with van der Waals surface area (Å²) in [6.07, 6.45) is 0. The number of H-pyrrole nitrogens is 1. The third kappa shape index (κ3) is 3.23. The molecular formula is C22H17N5O3S. The Bertz CT molecular complexity index is 1250. The smallest absolute Gasteiger partial charge is 0.273 e. The lowest BCUT2D eigenvalue weighted by molar-refractivity contribution is 0.102. The molecule has 0 saturated carbocycles. The van der Waals surface area contributed by atoms with Crippen molar-refractivity contribution in [1.29, 1.82) is 0 Å². The summed E-state index contributed by atoms with van der Waals surface area (Å²) in [5.74, 6) is 1.13. The van der Waals surface area contributed by atoms with Gasteiger partial charge in [-0.05, 0) is 42.0 Å². The van der Waals surface area contributed by atoms with Crippen LogP contribution in [-0.4, -0.2) is 46.1 Å². The lowest BCUT2D eigenvalue weighted by Gasteiger charge is -2.16. The predicted molar refractivity (Wildman–Crippen MR) is 119 cm³/mol. The molecule has 3 aromatic rings. The van der Waals surface area contributed by atoms with Crippen LogP contribution in [0.2, 0.25) is 0 Å². The molecule has 8 nitrogen and oxygen atoms in total. The molecule has 0 radical (unpaired) electrons. The first-order valence-corrected chi connectivity index (χ1v) is 10.7. The zero-order valence-electron chi connectivity index (χ0n) is 16.3. The molecule has 1 aromatic heterocycles. The van der Waals surface area contributed by atoms with Crippen LogP contribution in [0.4, 0.5) is 5.69 Å². The number of carbonyl (C=O) groups excluding carboxylic acids is 1. The van der Waals surface area contributed by atoms with Crippen molar-refractivity contribution in [2.75, 3.05) is 25.2 Å². The number of hydrogen-bond donors (Lipinski definition) is 2. The fraction of sp³-hybridized carbons (Fsp3) is 0.136. The van der Waals surface area contributed by atoms with E-state index in [-0.39, 0.29) is 12.7 Å². The monoisotopic (exact) mass is 431 g/mol. The molecule has 154 valence electrons. The lowest BCUT2D eigenvalue weighted by atomic mass is 10.1. The first-order chi connectivity index (χ1) is 15.2. The zero-order valence-corrected chi connectivity index (χ0v) is 17.1. The van der Waals surface area contributed by atoms with Gasteiger partial charge in [0.15, 0.2) is 16.7 Å². The molecule has 0 atom stereocenters. The molecule has 0 spiro atoms. The summed E-state index contributed by atoms with van der Waals surface area (Å²) in [6.45, 7) is 1.97. The normalized spacial score (nSPS) is 16.2. The third-order valence-electron chi connectivity index (χ3n) is 5.30. The average Bonchev–Trinajstić information content (AvgIpc) is 3.58. The fourth-order valence-electron chi connectivity index (χ4n) is 3.71. The summed E-state index contributed by atoms with van der Waals surface area (Å²) in [6, 6.07) is 15.1. The number of aromatic amines is 1. The van der Waals surface area contributed by atoms with Crippen molar-refractivity contribution in [3.05, 3.63) is 65.2 Å². The first kappa shape index (κ1) is 18.1. The quantitative estimate of drug-likeness (QED) is 0.653. The van der Waals surface area contributed by atoms with Crippen molar-refractivity contribution in [2.45, 2.75) is 0 Å². The number of fused-ring (bicyclic) bond motifs is 2. The van der Waals surface area contributed by atoms with Gasteiger partial charge in [-0.2, -0.15) is 5.10 Å². The molecule has 0 fully saturated rings. The Kier molecular flexibility index (Phi) is 4.20. The number of aliphatic imine (C=N–C) groups is 1. The Hall–Kier alpha value is -3.72. The van der Waals surface area contributed by atoms with E-state index in [4.69, 9.17) is 9.47 Å². The van der Waals surface area contributed by atoms with Gasteiger partial charge in [-0.1, -0.05) is 23.9 Å². The molecule has 2 aromatic carbocycles. The number of ether oxygens (including phenoxy) is 2. The summed E-state index contributed by atoms with van der Waals surface area (Å²) in [5, 5.41) is 13.2. The molecule has 3 aliphatic rings. The molecule has 6 rings (SSSR count). The van der Waals surface area contributed by atoms with E-state index >= 15 is 0 Å². The highest BCUT2D eigenvalue weighted by atomic mass is 32.2. The molecule has 0 saturated heterocycles. The maximum absolute atomic E-state index is 12.7. The number of thioether (sulfide) groups is 1. The maximum atomic E-state index is 12.7. The number of amides is 1. The van der Waals surface area contributed by atoms with Crippen molar-refractivity contribution < 1.29 is 14.3 Å². The van der Waals surface area contributed by atoms with Crippen LogP contribution in [0.3, 0.4) is 0 Å². The van der Waals surface area contributed by atoms with E-state index in [0.29, 0.717) is 22.9 Å². The van der Waals surface area contributed by atoms with E-state index < -0.39 is 0 Å². The minimum absolute atomic E-state index is 0.217. The Balaban J connectivity index is 1.15. The second kappa shape index (κ2) is 7.21. The molecule has 2 N–H and O–H groups in total. The van der Waals surface area contributed by atoms with Gasteiger partial charge < -0.3 is 19.7 Å². The summed E-state index contributed by atoms with van der Waals surface area (Å²) >= 11 is 1.65. The molecule has 0 bridgehead atoms. The van der Waals surface area contributed by atoms with Crippen LogP contribution in [0, 0.1) is 0 Å². The van der Waals surface area contributed by atoms with E-state index in [0.717, 1.165) is 40.8 Å². The Labute approximate surface area is 182 Å². The molecule has 3 aliphatic heterocycles. The fourth-order valence-corrected chi connectivity index (χ4v) is 4.67. The first-order valence-electron chi connectivity index (χ1n) is 9.81. The number of nitrogens with one attached hydrogen (secondary N) is 2. The van der Waals surface area contributed by atoms with E-state index in [1.807, 2.05) is 42.5 Å². The average molecular weight is 431 g/mol. The molecule has 1 amide bonds. The van der Waals surface area contributed by atoms with Crippen LogP contribution in [0.5, 0.6) is 11.5 Å². The highest BCUT2D eigenvalue weighted by Gasteiger charge is 2.27. The van der Waals surface area contributed by atoms with Gasteiger partial charge >= 0.3 is 0 Å². The van der Waals surface area contributed by atoms with Crippen molar-refractivity contribution >= 4 is 34.2 Å². The van der Waals surface area contributed by atoms with Gasteiger partial charge in [0.25, 0.3) is 5.91 Å². The van der Waals surface area contributed by atoms with Gasteiger partial charge in [-0.15, -0.1) is 0 Å². The predicted octanol–water partition coefficient (Wildman–Crippen LogP) is 3.77. The molecular weight excluding hydrogens is 414 g/mol. The van der Waals surface area contributed by atoms with Crippen molar-refractivity contribution in [2.24, 2.45) is 4.99 Å². The summed E-state index contributed by atoms with van der Waals surface area (Å²) in [7, 11) is 0. The van der Waals surface area contributed by atoms with E-state index in [1.54, 1.807) is 17.8 Å². The number of aromatic nitrogens is 2. The highest BCUT2D eigenvalue weighted by Crippen LogP contribution is 2.36. The minimum atomic E-state index is -0.253. The largest absolute Gasteiger partial charge is 0.454 e. The Morgan fingerprint density at radius 1 is 1.06 bits per heavy atom. The van der Waals surface area contributed by atoms with E-state index in [2.05, 4.69) is 30.8 Å². The van der Waals surface area contributed by atoms with Crippen LogP contribution < -0.4 is 14.8 Å². The number of nitrogens with zero attached hydrogens (tertiary/aromatic N) is 3. The number of rotatable bonds is 4. The lowest BCUT2D eigenvalue weighted by Crippen LogP contribution is -2.19. The highest BCUT2D eigenvalue weighted by molar-refractivity contribution is 8.16. The second-order valence-electron chi connectivity index (χ2n) is 7.20. The third-order valence-corrected chi connectivity index (χ3v) is 6.20. The Morgan fingerprint density at radius 2 is 1.90 bits per heavy atom. The van der Waals surface area contributed by atoms with Crippen molar-refractivity contribution in [3.8, 4) is 22.8 Å². The number of hydrogen-bond acceptors (Lipinski definition) is 7. The summed E-state index contributed by atoms with van der Waals surface area (Å²) in [4.78, 5) is 19.4. The van der Waals surface area contributed by atoms with Crippen LogP contribution in [0.1, 0.15) is 16.1 Å². The molecule has 4 heterocycles. The van der Waals surface area contributed by atoms with E-state index in [1.165, 1.54) is 0 Å². The molecule has 0 unspecified atom stereocenters. The number of benzene rings is 2.